The summed E-state index contributed by atoms with van der Waals surface area (Å²) < 4.78 is 0. The Hall–Kier alpha value is -0.0400. The molecule has 4 saturated carbocycles. The highest BCUT2D eigenvalue weighted by molar-refractivity contribution is 5.06. The lowest BCUT2D eigenvalue weighted by Gasteiger charge is -2.63. The highest BCUT2D eigenvalue weighted by atomic mass is 16.3. The lowest BCUT2D eigenvalue weighted by atomic mass is 9.42. The number of rotatable bonds is 2. The number of hydrogen-bond donors (Lipinski definition) is 1. The molecule has 4 fully saturated rings. The van der Waals surface area contributed by atoms with Gasteiger partial charge in [0.2, 0.25) is 0 Å². The van der Waals surface area contributed by atoms with Crippen LogP contribution < -0.4 is 0 Å². The van der Waals surface area contributed by atoms with E-state index in [0.717, 1.165) is 17.8 Å². The molecule has 1 unspecified atom stereocenters. The molecule has 2 bridgehead atoms. The van der Waals surface area contributed by atoms with Crippen LogP contribution >= 0.6 is 0 Å². The van der Waals surface area contributed by atoms with Gasteiger partial charge in [-0.25, -0.2) is 0 Å². The average Bonchev–Trinajstić information content (AvgIpc) is 2.38. The van der Waals surface area contributed by atoms with E-state index in [1.807, 2.05) is 0 Å². The minimum atomic E-state index is 0.00157. The van der Waals surface area contributed by atoms with Gasteiger partial charge in [0.15, 0.2) is 0 Å². The van der Waals surface area contributed by atoms with E-state index in [4.69, 9.17) is 0 Å². The van der Waals surface area contributed by atoms with Crippen molar-refractivity contribution in [1.82, 2.24) is 0 Å². The smallest absolute Gasteiger partial charge is 0.0599 e. The zero-order valence-electron chi connectivity index (χ0n) is 12.4. The molecule has 0 aliphatic heterocycles. The fourth-order valence-electron chi connectivity index (χ4n) is 5.47. The Morgan fingerprint density at radius 3 is 2.28 bits per heavy atom. The molecule has 1 heteroatoms. The van der Waals surface area contributed by atoms with Crippen LogP contribution in [0.3, 0.4) is 0 Å². The summed E-state index contributed by atoms with van der Waals surface area (Å²) in [6.07, 6.45) is 9.38. The number of aliphatic hydroxyl groups is 1. The molecule has 1 N–H and O–H groups in total. The lowest BCUT2D eigenvalue weighted by Crippen LogP contribution is -2.57. The highest BCUT2D eigenvalue weighted by Crippen LogP contribution is 2.63. The van der Waals surface area contributed by atoms with Gasteiger partial charge in [0, 0.05) is 0 Å². The van der Waals surface area contributed by atoms with Gasteiger partial charge < -0.3 is 5.11 Å². The molecule has 4 aliphatic rings. The van der Waals surface area contributed by atoms with Gasteiger partial charge in [0.1, 0.15) is 0 Å². The largest absolute Gasteiger partial charge is 0.393 e. The Kier molecular flexibility index (Phi) is 3.25. The minimum absolute atomic E-state index is 0.00157. The first-order valence-electron chi connectivity index (χ1n) is 8.20. The Labute approximate surface area is 112 Å². The average molecular weight is 250 g/mol. The van der Waals surface area contributed by atoms with Crippen molar-refractivity contribution in [2.45, 2.75) is 71.8 Å². The second-order valence-electron chi connectivity index (χ2n) is 8.01. The molecule has 4 rings (SSSR count). The van der Waals surface area contributed by atoms with Gasteiger partial charge >= 0.3 is 0 Å². The maximum Gasteiger partial charge on any atom is 0.0599 e. The standard InChI is InChI=1S/C17H30O/c1-11-14(9-13-10-15(11)17(13,2)3)16(18)12-7-5-4-6-8-12/h11-16,18H,4-10H2,1-3H3/t11-,13+,14+,15+,16?/m0/s1. The highest BCUT2D eigenvalue weighted by Gasteiger charge is 2.57. The molecule has 0 heterocycles. The molecule has 4 aliphatic carbocycles. The molecule has 0 radical (unpaired) electrons. The van der Waals surface area contributed by atoms with Gasteiger partial charge in [-0.2, -0.15) is 0 Å². The SMILES string of the molecule is C[C@@H]1[C@H]2C[C@@H](C[C@H]1C(O)C1CCCCC1)C2(C)C. The molecule has 0 amide bonds. The van der Waals surface area contributed by atoms with Crippen molar-refractivity contribution in [2.75, 3.05) is 0 Å². The van der Waals surface area contributed by atoms with Gasteiger partial charge in [-0.3, -0.25) is 0 Å². The molecule has 0 aromatic heterocycles. The van der Waals surface area contributed by atoms with Crippen LogP contribution in [0.5, 0.6) is 0 Å². The second-order valence-corrected chi connectivity index (χ2v) is 8.01. The monoisotopic (exact) mass is 250 g/mol. The van der Waals surface area contributed by atoms with Crippen molar-refractivity contribution in [3.8, 4) is 0 Å². The molecule has 5 atom stereocenters. The van der Waals surface area contributed by atoms with Crippen molar-refractivity contribution >= 4 is 0 Å². The van der Waals surface area contributed by atoms with E-state index < -0.39 is 0 Å². The Morgan fingerprint density at radius 2 is 1.72 bits per heavy atom. The van der Waals surface area contributed by atoms with Gasteiger partial charge in [0.25, 0.3) is 0 Å². The number of fused-ring (bicyclic) bond motifs is 2. The third-order valence-corrected chi connectivity index (χ3v) is 6.98. The summed E-state index contributed by atoms with van der Waals surface area (Å²) in [4.78, 5) is 0. The van der Waals surface area contributed by atoms with Crippen molar-refractivity contribution < 1.29 is 5.11 Å². The molecule has 0 saturated heterocycles. The predicted octanol–water partition coefficient (Wildman–Crippen LogP) is 4.25. The first kappa shape index (κ1) is 13.0. The van der Waals surface area contributed by atoms with E-state index in [9.17, 15) is 5.11 Å². The topological polar surface area (TPSA) is 20.2 Å². The molecule has 0 aromatic carbocycles. The van der Waals surface area contributed by atoms with Crippen molar-refractivity contribution in [2.24, 2.45) is 35.0 Å². The van der Waals surface area contributed by atoms with Crippen molar-refractivity contribution in [3.05, 3.63) is 0 Å². The zero-order chi connectivity index (χ0) is 12.9. The Morgan fingerprint density at radius 1 is 1.06 bits per heavy atom. The first-order chi connectivity index (χ1) is 8.51. The Bertz CT molecular complexity index is 303. The summed E-state index contributed by atoms with van der Waals surface area (Å²) in [5.74, 6) is 3.72. The van der Waals surface area contributed by atoms with Gasteiger partial charge in [-0.05, 0) is 60.7 Å². The quantitative estimate of drug-likeness (QED) is 0.777. The summed E-state index contributed by atoms with van der Waals surface area (Å²) in [7, 11) is 0. The molecule has 0 spiro atoms. The van der Waals surface area contributed by atoms with Crippen LogP contribution in [0, 0.1) is 35.0 Å². The molecule has 104 valence electrons. The third-order valence-electron chi connectivity index (χ3n) is 6.98. The molecular formula is C17H30O. The van der Waals surface area contributed by atoms with Gasteiger partial charge in [-0.1, -0.05) is 40.0 Å². The van der Waals surface area contributed by atoms with E-state index in [1.165, 1.54) is 44.9 Å². The summed E-state index contributed by atoms with van der Waals surface area (Å²) in [6.45, 7) is 7.32. The van der Waals surface area contributed by atoms with Crippen LogP contribution in [-0.4, -0.2) is 11.2 Å². The summed E-state index contributed by atoms with van der Waals surface area (Å²) in [5, 5.41) is 10.8. The van der Waals surface area contributed by atoms with Crippen LogP contribution in [0.15, 0.2) is 0 Å². The third kappa shape index (κ3) is 1.85. The minimum Gasteiger partial charge on any atom is -0.393 e. The van der Waals surface area contributed by atoms with Crippen molar-refractivity contribution in [1.29, 1.82) is 0 Å². The maximum atomic E-state index is 10.8. The van der Waals surface area contributed by atoms with Crippen molar-refractivity contribution in [3.63, 3.8) is 0 Å². The van der Waals surface area contributed by atoms with Crippen LogP contribution in [0.4, 0.5) is 0 Å². The van der Waals surface area contributed by atoms with Gasteiger partial charge in [-0.15, -0.1) is 0 Å². The number of aliphatic hydroxyl groups excluding tert-OH is 1. The van der Waals surface area contributed by atoms with Crippen LogP contribution in [0.1, 0.15) is 65.7 Å². The van der Waals surface area contributed by atoms with Crippen LogP contribution in [-0.2, 0) is 0 Å². The van der Waals surface area contributed by atoms with E-state index in [-0.39, 0.29) is 6.10 Å². The summed E-state index contributed by atoms with van der Waals surface area (Å²) >= 11 is 0. The van der Waals surface area contributed by atoms with Crippen LogP contribution in [0.25, 0.3) is 0 Å². The lowest BCUT2D eigenvalue weighted by molar-refractivity contribution is -0.161. The van der Waals surface area contributed by atoms with E-state index in [0.29, 0.717) is 17.3 Å². The van der Waals surface area contributed by atoms with Gasteiger partial charge in [0.05, 0.1) is 6.10 Å². The maximum absolute atomic E-state index is 10.8. The summed E-state index contributed by atoms with van der Waals surface area (Å²) in [6, 6.07) is 0. The molecular weight excluding hydrogens is 220 g/mol. The fourth-order valence-corrected chi connectivity index (χ4v) is 5.47. The van der Waals surface area contributed by atoms with Crippen LogP contribution in [0.2, 0.25) is 0 Å². The van der Waals surface area contributed by atoms with E-state index in [2.05, 4.69) is 20.8 Å². The zero-order valence-corrected chi connectivity index (χ0v) is 12.4. The summed E-state index contributed by atoms with van der Waals surface area (Å²) in [5.41, 5.74) is 0.558. The molecule has 18 heavy (non-hydrogen) atoms. The Balaban J connectivity index is 1.67. The van der Waals surface area contributed by atoms with E-state index >= 15 is 0 Å². The molecule has 0 aromatic rings. The normalized spacial score (nSPS) is 45.3. The number of hydrogen-bond acceptors (Lipinski definition) is 1. The van der Waals surface area contributed by atoms with E-state index in [1.54, 1.807) is 0 Å². The predicted molar refractivity (Wildman–Crippen MR) is 75.2 cm³/mol. The fraction of sp³-hybridized carbons (Fsp3) is 1.00. The molecule has 1 nitrogen and oxygen atoms in total. The first-order valence-corrected chi connectivity index (χ1v) is 8.20. The second kappa shape index (κ2) is 4.51.